The molecule has 0 spiro atoms. The quantitative estimate of drug-likeness (QED) is 0.546. The molecule has 0 aliphatic heterocycles. The first kappa shape index (κ1) is 20.4. The molecule has 3 fully saturated rings. The average Bonchev–Trinajstić information content (AvgIpc) is 2.74. The van der Waals surface area contributed by atoms with E-state index >= 15 is 0 Å². The summed E-state index contributed by atoms with van der Waals surface area (Å²) in [6, 6.07) is 4.16. The van der Waals surface area contributed by atoms with Gasteiger partial charge in [0.05, 0.1) is 4.90 Å². The van der Waals surface area contributed by atoms with Crippen molar-refractivity contribution >= 4 is 10.1 Å². The first-order valence-electron chi connectivity index (χ1n) is 11.7. The Labute approximate surface area is 171 Å². The third-order valence-corrected chi connectivity index (χ3v) is 8.54. The minimum absolute atomic E-state index is 0.222. The molecule has 3 aliphatic rings. The van der Waals surface area contributed by atoms with Crippen molar-refractivity contribution in [1.82, 2.24) is 0 Å². The molecule has 0 heterocycles. The van der Waals surface area contributed by atoms with E-state index in [1.54, 1.807) is 0 Å². The molecule has 3 aliphatic carbocycles. The monoisotopic (exact) mass is 404 g/mol. The van der Waals surface area contributed by atoms with Crippen LogP contribution in [0.25, 0.3) is 0 Å². The highest BCUT2D eigenvalue weighted by Gasteiger charge is 2.30. The normalized spacial score (nSPS) is 23.8. The lowest BCUT2D eigenvalue weighted by Gasteiger charge is -2.32. The highest BCUT2D eigenvalue weighted by molar-refractivity contribution is 7.85. The third kappa shape index (κ3) is 4.48. The van der Waals surface area contributed by atoms with Crippen LogP contribution >= 0.6 is 0 Å². The summed E-state index contributed by atoms with van der Waals surface area (Å²) in [7, 11) is -4.19. The van der Waals surface area contributed by atoms with Gasteiger partial charge in [-0.15, -0.1) is 0 Å². The summed E-state index contributed by atoms with van der Waals surface area (Å²) < 4.78 is 34.8. The van der Waals surface area contributed by atoms with Crippen LogP contribution < -0.4 is 0 Å². The molecule has 0 saturated heterocycles. The molecule has 1 N–H and O–H groups in total. The van der Waals surface area contributed by atoms with Gasteiger partial charge in [0.1, 0.15) is 0 Å². The third-order valence-electron chi connectivity index (χ3n) is 7.63. The molecule has 28 heavy (non-hydrogen) atoms. The summed E-state index contributed by atoms with van der Waals surface area (Å²) in [5.74, 6) is 1.32. The second-order valence-electron chi connectivity index (χ2n) is 9.50. The molecule has 0 amide bonds. The molecule has 156 valence electrons. The van der Waals surface area contributed by atoms with Crippen LogP contribution in [0.5, 0.6) is 0 Å². The highest BCUT2D eigenvalue weighted by Crippen LogP contribution is 2.45. The van der Waals surface area contributed by atoms with Gasteiger partial charge >= 0.3 is 0 Å². The first-order valence-corrected chi connectivity index (χ1v) is 13.1. The zero-order valence-corrected chi connectivity index (χ0v) is 18.0. The Kier molecular flexibility index (Phi) is 6.46. The molecule has 1 aromatic rings. The molecule has 0 bridgehead atoms. The van der Waals surface area contributed by atoms with Crippen LogP contribution in [0.15, 0.2) is 17.0 Å². The zero-order chi connectivity index (χ0) is 19.6. The minimum atomic E-state index is -4.19. The number of benzene rings is 1. The SMILES string of the molecule is O=S(=O)(O)c1cc(C2CCCCC2)c(C2CCCCC2)cc1C1CCCCC1. The summed E-state index contributed by atoms with van der Waals surface area (Å²) in [6.07, 6.45) is 18.1. The van der Waals surface area contributed by atoms with Crippen molar-refractivity contribution in [2.75, 3.05) is 0 Å². The molecule has 1 aromatic carbocycles. The molecule has 0 aromatic heterocycles. The van der Waals surface area contributed by atoms with Gasteiger partial charge in [0.2, 0.25) is 0 Å². The zero-order valence-electron chi connectivity index (χ0n) is 17.2. The Morgan fingerprint density at radius 3 is 1.32 bits per heavy atom. The molecule has 0 radical (unpaired) electrons. The van der Waals surface area contributed by atoms with Gasteiger partial charge in [-0.1, -0.05) is 63.9 Å². The van der Waals surface area contributed by atoms with Crippen LogP contribution in [-0.2, 0) is 10.1 Å². The molecular weight excluding hydrogens is 368 g/mol. The van der Waals surface area contributed by atoms with Crippen LogP contribution in [0, 0.1) is 0 Å². The summed E-state index contributed by atoms with van der Waals surface area (Å²) in [5.41, 5.74) is 3.60. The van der Waals surface area contributed by atoms with Crippen LogP contribution in [0.3, 0.4) is 0 Å². The Balaban J connectivity index is 1.82. The lowest BCUT2D eigenvalue weighted by molar-refractivity contribution is 0.412. The van der Waals surface area contributed by atoms with E-state index in [9.17, 15) is 13.0 Å². The van der Waals surface area contributed by atoms with Crippen molar-refractivity contribution in [3.8, 4) is 0 Å². The molecular formula is C24H36O3S. The van der Waals surface area contributed by atoms with E-state index < -0.39 is 10.1 Å². The maximum atomic E-state index is 12.4. The van der Waals surface area contributed by atoms with Crippen molar-refractivity contribution in [1.29, 1.82) is 0 Å². The fourth-order valence-electron chi connectivity index (χ4n) is 6.12. The van der Waals surface area contributed by atoms with Crippen molar-refractivity contribution in [3.63, 3.8) is 0 Å². The Hall–Kier alpha value is -0.870. The lowest BCUT2D eigenvalue weighted by atomic mass is 9.74. The van der Waals surface area contributed by atoms with Gasteiger partial charge < -0.3 is 0 Å². The fourth-order valence-corrected chi connectivity index (χ4v) is 6.92. The minimum Gasteiger partial charge on any atom is -0.282 e. The van der Waals surface area contributed by atoms with E-state index in [4.69, 9.17) is 0 Å². The summed E-state index contributed by atoms with van der Waals surface area (Å²) >= 11 is 0. The van der Waals surface area contributed by atoms with Crippen molar-refractivity contribution in [3.05, 3.63) is 28.8 Å². The number of rotatable bonds is 4. The maximum Gasteiger partial charge on any atom is 0.294 e. The fraction of sp³-hybridized carbons (Fsp3) is 0.750. The first-order chi connectivity index (χ1) is 13.5. The van der Waals surface area contributed by atoms with Gasteiger partial charge in [0.15, 0.2) is 0 Å². The number of hydrogen-bond donors (Lipinski definition) is 1. The standard InChI is InChI=1S/C24H36O3S/c25-28(26,27)24-17-22(19-12-6-2-7-13-19)21(18-10-4-1-5-11-18)16-23(24)20-14-8-3-9-15-20/h16-20H,1-15H2,(H,25,26,27). The average molecular weight is 405 g/mol. The van der Waals surface area contributed by atoms with Crippen molar-refractivity contribution in [2.45, 2.75) is 119 Å². The van der Waals surface area contributed by atoms with Gasteiger partial charge in [-0.25, -0.2) is 0 Å². The van der Waals surface area contributed by atoms with E-state index in [0.29, 0.717) is 11.8 Å². The van der Waals surface area contributed by atoms with Crippen LogP contribution in [0.1, 0.15) is 131 Å². The lowest BCUT2D eigenvalue weighted by Crippen LogP contribution is -2.17. The summed E-state index contributed by atoms with van der Waals surface area (Å²) in [6.45, 7) is 0. The van der Waals surface area contributed by atoms with Crippen molar-refractivity contribution in [2.24, 2.45) is 0 Å². The molecule has 4 heteroatoms. The van der Waals surface area contributed by atoms with E-state index in [-0.39, 0.29) is 10.8 Å². The van der Waals surface area contributed by atoms with Gasteiger partial charge in [0.25, 0.3) is 10.1 Å². The highest BCUT2D eigenvalue weighted by atomic mass is 32.2. The van der Waals surface area contributed by atoms with Gasteiger partial charge in [-0.05, 0) is 79.0 Å². The summed E-state index contributed by atoms with van der Waals surface area (Å²) in [5, 5.41) is 0. The summed E-state index contributed by atoms with van der Waals surface area (Å²) in [4.78, 5) is 0.222. The molecule has 3 saturated carbocycles. The predicted molar refractivity (Wildman–Crippen MR) is 114 cm³/mol. The largest absolute Gasteiger partial charge is 0.294 e. The molecule has 0 atom stereocenters. The smallest absolute Gasteiger partial charge is 0.282 e. The van der Waals surface area contributed by atoms with Crippen LogP contribution in [0.2, 0.25) is 0 Å². The predicted octanol–water partition coefficient (Wildman–Crippen LogP) is 7.08. The van der Waals surface area contributed by atoms with E-state index in [0.717, 1.165) is 31.2 Å². The maximum absolute atomic E-state index is 12.4. The molecule has 4 rings (SSSR count). The van der Waals surface area contributed by atoms with Gasteiger partial charge in [-0.2, -0.15) is 8.42 Å². The van der Waals surface area contributed by atoms with E-state index in [1.807, 2.05) is 6.07 Å². The van der Waals surface area contributed by atoms with Crippen LogP contribution in [0.4, 0.5) is 0 Å². The van der Waals surface area contributed by atoms with Gasteiger partial charge in [-0.3, -0.25) is 4.55 Å². The van der Waals surface area contributed by atoms with Crippen molar-refractivity contribution < 1.29 is 13.0 Å². The second-order valence-corrected chi connectivity index (χ2v) is 10.9. The van der Waals surface area contributed by atoms with E-state index in [2.05, 4.69) is 6.07 Å². The van der Waals surface area contributed by atoms with Gasteiger partial charge in [0, 0.05) is 0 Å². The molecule has 0 unspecified atom stereocenters. The van der Waals surface area contributed by atoms with Crippen LogP contribution in [-0.4, -0.2) is 13.0 Å². The Morgan fingerprint density at radius 1 is 0.571 bits per heavy atom. The topological polar surface area (TPSA) is 54.4 Å². The number of hydrogen-bond acceptors (Lipinski definition) is 2. The second kappa shape index (κ2) is 8.87. The Morgan fingerprint density at radius 2 is 0.929 bits per heavy atom. The Bertz CT molecular complexity index is 765. The molecule has 3 nitrogen and oxygen atoms in total. The van der Waals surface area contributed by atoms with E-state index in [1.165, 1.54) is 81.8 Å².